The molecule has 1 aromatic heterocycles. The van der Waals surface area contributed by atoms with Crippen LogP contribution in [0.25, 0.3) is 0 Å². The molecule has 1 aliphatic rings. The third-order valence-electron chi connectivity index (χ3n) is 3.10. The van der Waals surface area contributed by atoms with Crippen molar-refractivity contribution in [1.82, 2.24) is 5.32 Å². The highest BCUT2D eigenvalue weighted by Gasteiger charge is 2.13. The van der Waals surface area contributed by atoms with Crippen molar-refractivity contribution < 1.29 is 9.53 Å². The maximum atomic E-state index is 11.6. The molecule has 0 saturated carbocycles. The number of rotatable bonds is 6. The molecular weight excluding hydrogens is 270 g/mol. The SMILES string of the molecule is Cl.O=C(COCCC1CCCNC1)c1cccs1. The molecule has 1 saturated heterocycles. The molecule has 1 fully saturated rings. The van der Waals surface area contributed by atoms with Crippen LogP contribution < -0.4 is 5.32 Å². The second-order valence-electron chi connectivity index (χ2n) is 4.45. The van der Waals surface area contributed by atoms with E-state index in [4.69, 9.17) is 4.74 Å². The summed E-state index contributed by atoms with van der Waals surface area (Å²) in [6.45, 7) is 3.17. The first-order valence-corrected chi connectivity index (χ1v) is 7.09. The van der Waals surface area contributed by atoms with Gasteiger partial charge in [0.25, 0.3) is 0 Å². The van der Waals surface area contributed by atoms with Crippen molar-refractivity contribution in [2.24, 2.45) is 5.92 Å². The Morgan fingerprint density at radius 2 is 2.44 bits per heavy atom. The molecule has 1 aromatic rings. The Kier molecular flexibility index (Phi) is 7.51. The van der Waals surface area contributed by atoms with Crippen molar-refractivity contribution in [1.29, 1.82) is 0 Å². The summed E-state index contributed by atoms with van der Waals surface area (Å²) in [6.07, 6.45) is 3.61. The van der Waals surface area contributed by atoms with Gasteiger partial charge in [0.05, 0.1) is 4.88 Å². The van der Waals surface area contributed by atoms with Crippen LogP contribution in [0.2, 0.25) is 0 Å². The highest BCUT2D eigenvalue weighted by Crippen LogP contribution is 2.14. The molecule has 5 heteroatoms. The summed E-state index contributed by atoms with van der Waals surface area (Å²) in [5.41, 5.74) is 0. The minimum Gasteiger partial charge on any atom is -0.373 e. The number of piperidine rings is 1. The van der Waals surface area contributed by atoms with Gasteiger partial charge in [-0.25, -0.2) is 0 Å². The van der Waals surface area contributed by atoms with Crippen molar-refractivity contribution in [2.75, 3.05) is 26.3 Å². The van der Waals surface area contributed by atoms with Gasteiger partial charge >= 0.3 is 0 Å². The molecule has 0 amide bonds. The predicted molar refractivity (Wildman–Crippen MR) is 76.9 cm³/mol. The first kappa shape index (κ1) is 15.6. The van der Waals surface area contributed by atoms with Crippen LogP contribution in [0.4, 0.5) is 0 Å². The smallest absolute Gasteiger partial charge is 0.198 e. The molecule has 1 N–H and O–H groups in total. The van der Waals surface area contributed by atoms with E-state index in [1.807, 2.05) is 17.5 Å². The Hall–Kier alpha value is -0.420. The fourth-order valence-corrected chi connectivity index (χ4v) is 2.74. The third kappa shape index (κ3) is 5.06. The lowest BCUT2D eigenvalue weighted by Crippen LogP contribution is -2.30. The summed E-state index contributed by atoms with van der Waals surface area (Å²) in [5.74, 6) is 0.822. The van der Waals surface area contributed by atoms with Gasteiger partial charge in [0.2, 0.25) is 0 Å². The predicted octanol–water partition coefficient (Wildman–Crippen LogP) is 2.76. The van der Waals surface area contributed by atoms with Crippen LogP contribution in [0.1, 0.15) is 28.9 Å². The summed E-state index contributed by atoms with van der Waals surface area (Å²) < 4.78 is 5.45. The summed E-state index contributed by atoms with van der Waals surface area (Å²) in [4.78, 5) is 12.4. The Morgan fingerprint density at radius 3 is 3.11 bits per heavy atom. The molecule has 0 aliphatic carbocycles. The van der Waals surface area contributed by atoms with Crippen LogP contribution >= 0.6 is 23.7 Å². The fraction of sp³-hybridized carbons (Fsp3) is 0.615. The zero-order chi connectivity index (χ0) is 11.9. The summed E-state index contributed by atoms with van der Waals surface area (Å²) in [7, 11) is 0. The fourth-order valence-electron chi connectivity index (χ4n) is 2.09. The zero-order valence-corrected chi connectivity index (χ0v) is 12.0. The Morgan fingerprint density at radius 1 is 1.56 bits per heavy atom. The number of nitrogens with one attached hydrogen (secondary N) is 1. The zero-order valence-electron chi connectivity index (χ0n) is 10.4. The topological polar surface area (TPSA) is 38.3 Å². The summed E-state index contributed by atoms with van der Waals surface area (Å²) in [5, 5.41) is 5.30. The molecule has 3 nitrogen and oxygen atoms in total. The molecule has 102 valence electrons. The number of ketones is 1. The van der Waals surface area contributed by atoms with Gasteiger partial charge in [-0.3, -0.25) is 4.79 Å². The van der Waals surface area contributed by atoms with E-state index in [1.54, 1.807) is 0 Å². The minimum absolute atomic E-state index is 0. The van der Waals surface area contributed by atoms with Crippen LogP contribution in [0.5, 0.6) is 0 Å². The van der Waals surface area contributed by atoms with Gasteiger partial charge in [0.15, 0.2) is 5.78 Å². The van der Waals surface area contributed by atoms with Gasteiger partial charge in [-0.15, -0.1) is 23.7 Å². The Bertz CT molecular complexity index is 337. The molecule has 0 radical (unpaired) electrons. The average molecular weight is 290 g/mol. The highest BCUT2D eigenvalue weighted by atomic mass is 35.5. The number of carbonyl (C=O) groups is 1. The average Bonchev–Trinajstić information content (AvgIpc) is 2.89. The van der Waals surface area contributed by atoms with Gasteiger partial charge < -0.3 is 10.1 Å². The standard InChI is InChI=1S/C13H19NO2S.ClH/c15-12(13-4-2-8-17-13)10-16-7-5-11-3-1-6-14-9-11;/h2,4,8,11,14H,1,3,5-7,9-10H2;1H. The normalized spacial score (nSPS) is 19.2. The molecule has 2 heterocycles. The lowest BCUT2D eigenvalue weighted by atomic mass is 9.97. The van der Waals surface area contributed by atoms with Crippen molar-refractivity contribution in [2.45, 2.75) is 19.3 Å². The van der Waals surface area contributed by atoms with Crippen molar-refractivity contribution >= 4 is 29.5 Å². The summed E-state index contributed by atoms with van der Waals surface area (Å²) in [6, 6.07) is 3.74. The number of halogens is 1. The van der Waals surface area contributed by atoms with Gasteiger partial charge in [-0.1, -0.05) is 6.07 Å². The largest absolute Gasteiger partial charge is 0.373 e. The number of hydrogen-bond acceptors (Lipinski definition) is 4. The minimum atomic E-state index is 0. The van der Waals surface area contributed by atoms with Gasteiger partial charge in [-0.2, -0.15) is 0 Å². The molecule has 2 rings (SSSR count). The maximum Gasteiger partial charge on any atom is 0.198 e. The molecule has 0 bridgehead atoms. The molecule has 1 aliphatic heterocycles. The maximum absolute atomic E-state index is 11.6. The van der Waals surface area contributed by atoms with Crippen LogP contribution in [0.3, 0.4) is 0 Å². The second kappa shape index (κ2) is 8.64. The first-order chi connectivity index (χ1) is 8.36. The van der Waals surface area contributed by atoms with E-state index in [-0.39, 0.29) is 24.8 Å². The van der Waals surface area contributed by atoms with Crippen LogP contribution in [0.15, 0.2) is 17.5 Å². The highest BCUT2D eigenvalue weighted by molar-refractivity contribution is 7.12. The molecule has 1 unspecified atom stereocenters. The van der Waals surface area contributed by atoms with E-state index in [2.05, 4.69) is 5.32 Å². The van der Waals surface area contributed by atoms with Crippen LogP contribution in [0, 0.1) is 5.92 Å². The molecule has 0 aromatic carbocycles. The first-order valence-electron chi connectivity index (χ1n) is 6.21. The van der Waals surface area contributed by atoms with Gasteiger partial charge in [-0.05, 0) is 49.7 Å². The van der Waals surface area contributed by atoms with E-state index in [0.29, 0.717) is 6.61 Å². The number of Topliss-reactive ketones (excluding diaryl/α,β-unsaturated/α-hetero) is 1. The van der Waals surface area contributed by atoms with E-state index < -0.39 is 0 Å². The lowest BCUT2D eigenvalue weighted by Gasteiger charge is -2.22. The number of ether oxygens (including phenoxy) is 1. The lowest BCUT2D eigenvalue weighted by molar-refractivity contribution is 0.0729. The van der Waals surface area contributed by atoms with Crippen molar-refractivity contribution in [3.05, 3.63) is 22.4 Å². The van der Waals surface area contributed by atoms with Crippen LogP contribution in [-0.2, 0) is 4.74 Å². The van der Waals surface area contributed by atoms with Gasteiger partial charge in [0, 0.05) is 6.61 Å². The molecule has 1 atom stereocenters. The monoisotopic (exact) mass is 289 g/mol. The van der Waals surface area contributed by atoms with E-state index in [9.17, 15) is 4.79 Å². The summed E-state index contributed by atoms with van der Waals surface area (Å²) >= 11 is 1.48. The number of hydrogen-bond donors (Lipinski definition) is 1. The van der Waals surface area contributed by atoms with Crippen LogP contribution in [-0.4, -0.2) is 32.1 Å². The number of carbonyl (C=O) groups excluding carboxylic acids is 1. The van der Waals surface area contributed by atoms with Crippen molar-refractivity contribution in [3.8, 4) is 0 Å². The molecule has 18 heavy (non-hydrogen) atoms. The van der Waals surface area contributed by atoms with Crippen molar-refractivity contribution in [3.63, 3.8) is 0 Å². The van der Waals surface area contributed by atoms with Gasteiger partial charge in [0.1, 0.15) is 6.61 Å². The van der Waals surface area contributed by atoms with E-state index >= 15 is 0 Å². The quantitative estimate of drug-likeness (QED) is 0.646. The Labute approximate surface area is 118 Å². The third-order valence-corrected chi connectivity index (χ3v) is 4.01. The molecular formula is C13H20ClNO2S. The number of thiophene rings is 1. The molecule has 0 spiro atoms. The van der Waals surface area contributed by atoms with E-state index in [0.717, 1.165) is 30.3 Å². The van der Waals surface area contributed by atoms with E-state index in [1.165, 1.54) is 24.2 Å². The Balaban J connectivity index is 0.00000162. The second-order valence-corrected chi connectivity index (χ2v) is 5.40.